The van der Waals surface area contributed by atoms with Crippen molar-refractivity contribution < 1.29 is 4.42 Å². The van der Waals surface area contributed by atoms with E-state index in [1.165, 1.54) is 22.3 Å². The minimum absolute atomic E-state index is 0.134. The van der Waals surface area contributed by atoms with E-state index in [9.17, 15) is 0 Å². The third-order valence-electron chi connectivity index (χ3n) is 12.6. The molecule has 61 heavy (non-hydrogen) atoms. The summed E-state index contributed by atoms with van der Waals surface area (Å²) < 4.78 is 6.53. The van der Waals surface area contributed by atoms with Crippen LogP contribution in [-0.2, 0) is 5.41 Å². The Morgan fingerprint density at radius 3 is 2.11 bits per heavy atom. The van der Waals surface area contributed by atoms with Gasteiger partial charge in [-0.15, -0.1) is 0 Å². The van der Waals surface area contributed by atoms with E-state index in [-0.39, 0.29) is 5.41 Å². The lowest BCUT2D eigenvalue weighted by Crippen LogP contribution is -2.18. The van der Waals surface area contributed by atoms with Crippen LogP contribution in [-0.4, -0.2) is 6.54 Å². The van der Waals surface area contributed by atoms with Crippen molar-refractivity contribution in [1.29, 1.82) is 0 Å². The molecule has 11 rings (SSSR count). The number of hydrogen-bond acceptors (Lipinski definition) is 3. The maximum Gasteiger partial charge on any atom is 0.143 e. The number of benzene rings is 8. The SMILES string of the molecule is C=C1/C=C\C=C/CN(c2ccccc2)c2ccc(-c3ccc(N(c4cccc(-c5cccc6c5oc5ccccc56)c4)c4ccc5c(c4)C(C)(C)c4ccccc4-5)cc3)cc21. The molecular weight excluding hydrogens is 741 g/mol. The zero-order valence-electron chi connectivity index (χ0n) is 34.3. The third-order valence-corrected chi connectivity index (χ3v) is 12.6. The Labute approximate surface area is 357 Å². The number of anilines is 5. The molecule has 8 aromatic carbocycles. The van der Waals surface area contributed by atoms with Crippen LogP contribution in [0.25, 0.3) is 60.9 Å². The molecule has 0 atom stereocenters. The predicted molar refractivity (Wildman–Crippen MR) is 258 cm³/mol. The minimum Gasteiger partial charge on any atom is -0.455 e. The van der Waals surface area contributed by atoms with Crippen LogP contribution in [0.5, 0.6) is 0 Å². The molecule has 0 bridgehead atoms. The summed E-state index contributed by atoms with van der Waals surface area (Å²) in [5.41, 5.74) is 19.1. The van der Waals surface area contributed by atoms with E-state index in [1.54, 1.807) is 0 Å². The van der Waals surface area contributed by atoms with Gasteiger partial charge in [-0.1, -0.05) is 160 Å². The van der Waals surface area contributed by atoms with Crippen LogP contribution in [0.3, 0.4) is 0 Å². The Hall–Kier alpha value is -7.62. The van der Waals surface area contributed by atoms with Gasteiger partial charge >= 0.3 is 0 Å². The average molecular weight is 785 g/mol. The van der Waals surface area contributed by atoms with E-state index in [2.05, 4.69) is 224 Å². The molecule has 2 aliphatic rings. The molecule has 0 unspecified atom stereocenters. The van der Waals surface area contributed by atoms with Crippen molar-refractivity contribution in [3.63, 3.8) is 0 Å². The summed E-state index contributed by atoms with van der Waals surface area (Å²) >= 11 is 0. The quantitative estimate of drug-likeness (QED) is 0.167. The second-order valence-corrected chi connectivity index (χ2v) is 16.6. The molecule has 1 aliphatic carbocycles. The zero-order chi connectivity index (χ0) is 41.1. The van der Waals surface area contributed by atoms with Crippen molar-refractivity contribution in [2.75, 3.05) is 16.3 Å². The van der Waals surface area contributed by atoms with Gasteiger partial charge in [-0.05, 0) is 111 Å². The van der Waals surface area contributed by atoms with Crippen molar-refractivity contribution in [3.8, 4) is 33.4 Å². The van der Waals surface area contributed by atoms with Gasteiger partial charge in [-0.2, -0.15) is 0 Å². The standard InChI is InChI=1S/C58H44N2O/c1-39-16-6-5-13-35-59(43-18-7-4-8-19-43)55-34-29-41(37-52(39)55)40-27-30-44(31-28-40)60(46-32-33-49-48-21-9-11-25-53(48)58(2,3)54(49)38-46)45-20-14-17-42(36-45)47-23-15-24-51-50-22-10-12-26-56(50)61-57(47)51/h4-34,36-38H,1,35H2,2-3H3/b13-5-,16-6-. The first kappa shape index (κ1) is 36.5. The van der Waals surface area contributed by atoms with Gasteiger partial charge in [0, 0.05) is 62.3 Å². The van der Waals surface area contributed by atoms with E-state index in [1.807, 2.05) is 12.1 Å². The largest absolute Gasteiger partial charge is 0.455 e. The van der Waals surface area contributed by atoms with Crippen LogP contribution < -0.4 is 9.80 Å². The van der Waals surface area contributed by atoms with E-state index in [0.29, 0.717) is 0 Å². The highest BCUT2D eigenvalue weighted by molar-refractivity contribution is 6.09. The van der Waals surface area contributed by atoms with Gasteiger partial charge in [0.05, 0.1) is 0 Å². The lowest BCUT2D eigenvalue weighted by molar-refractivity contribution is 0.660. The first-order chi connectivity index (χ1) is 29.9. The Kier molecular flexibility index (Phi) is 8.72. The van der Waals surface area contributed by atoms with Gasteiger partial charge in [-0.25, -0.2) is 0 Å². The van der Waals surface area contributed by atoms with Crippen LogP contribution in [0.1, 0.15) is 30.5 Å². The van der Waals surface area contributed by atoms with Crippen LogP contribution in [0.15, 0.2) is 217 Å². The molecule has 3 heteroatoms. The molecule has 0 amide bonds. The fourth-order valence-corrected chi connectivity index (χ4v) is 9.53. The molecule has 0 N–H and O–H groups in total. The number of allylic oxidation sites excluding steroid dienone is 4. The molecule has 1 aliphatic heterocycles. The normalized spacial score (nSPS) is 15.0. The molecular formula is C58H44N2O. The second-order valence-electron chi connectivity index (χ2n) is 16.6. The van der Waals surface area contributed by atoms with Crippen LogP contribution in [0.4, 0.5) is 28.4 Å². The molecule has 9 aromatic rings. The highest BCUT2D eigenvalue weighted by Gasteiger charge is 2.35. The maximum atomic E-state index is 6.53. The molecule has 3 nitrogen and oxygen atoms in total. The topological polar surface area (TPSA) is 19.6 Å². The third kappa shape index (κ3) is 6.20. The molecule has 0 spiro atoms. The molecule has 0 radical (unpaired) electrons. The molecule has 0 saturated heterocycles. The second kappa shape index (κ2) is 14.6. The van der Waals surface area contributed by atoms with Crippen molar-refractivity contribution in [2.24, 2.45) is 0 Å². The number of nitrogens with zero attached hydrogens (tertiary/aromatic N) is 2. The Morgan fingerprint density at radius 1 is 0.525 bits per heavy atom. The van der Waals surface area contributed by atoms with E-state index < -0.39 is 0 Å². The zero-order valence-corrected chi connectivity index (χ0v) is 34.3. The lowest BCUT2D eigenvalue weighted by atomic mass is 9.82. The highest BCUT2D eigenvalue weighted by Crippen LogP contribution is 2.51. The fourth-order valence-electron chi connectivity index (χ4n) is 9.53. The van der Waals surface area contributed by atoms with Gasteiger partial charge in [0.15, 0.2) is 0 Å². The fraction of sp³-hybridized carbons (Fsp3) is 0.0690. The first-order valence-corrected chi connectivity index (χ1v) is 21.1. The smallest absolute Gasteiger partial charge is 0.143 e. The minimum atomic E-state index is -0.134. The summed E-state index contributed by atoms with van der Waals surface area (Å²) in [5, 5.41) is 2.25. The highest BCUT2D eigenvalue weighted by atomic mass is 16.3. The average Bonchev–Trinajstić information content (AvgIpc) is 3.82. The molecule has 292 valence electrons. The van der Waals surface area contributed by atoms with Crippen molar-refractivity contribution in [2.45, 2.75) is 19.3 Å². The van der Waals surface area contributed by atoms with Crippen LogP contribution in [0.2, 0.25) is 0 Å². The van der Waals surface area contributed by atoms with E-state index >= 15 is 0 Å². The first-order valence-electron chi connectivity index (χ1n) is 21.1. The van der Waals surface area contributed by atoms with Gasteiger partial charge in [-0.3, -0.25) is 0 Å². The Bertz CT molecular complexity index is 3220. The number of furan rings is 1. The van der Waals surface area contributed by atoms with Crippen LogP contribution >= 0.6 is 0 Å². The molecule has 2 heterocycles. The number of para-hydroxylation sites is 3. The Balaban J connectivity index is 1.02. The molecule has 0 fully saturated rings. The summed E-state index contributed by atoms with van der Waals surface area (Å²) in [5.74, 6) is 0. The summed E-state index contributed by atoms with van der Waals surface area (Å²) in [6.07, 6.45) is 8.49. The summed E-state index contributed by atoms with van der Waals surface area (Å²) in [6, 6.07) is 65.8. The number of rotatable bonds is 6. The van der Waals surface area contributed by atoms with Crippen molar-refractivity contribution >= 4 is 55.9 Å². The van der Waals surface area contributed by atoms with Gasteiger partial charge in [0.1, 0.15) is 11.2 Å². The lowest BCUT2D eigenvalue weighted by Gasteiger charge is -2.29. The van der Waals surface area contributed by atoms with Gasteiger partial charge in [0.2, 0.25) is 0 Å². The molecule has 1 aromatic heterocycles. The van der Waals surface area contributed by atoms with Crippen molar-refractivity contribution in [1.82, 2.24) is 0 Å². The predicted octanol–water partition coefficient (Wildman–Crippen LogP) is 16.0. The van der Waals surface area contributed by atoms with Gasteiger partial charge in [0.25, 0.3) is 0 Å². The molecule has 0 saturated carbocycles. The van der Waals surface area contributed by atoms with Crippen LogP contribution in [0, 0.1) is 0 Å². The van der Waals surface area contributed by atoms with Gasteiger partial charge < -0.3 is 14.2 Å². The summed E-state index contributed by atoms with van der Waals surface area (Å²) in [4.78, 5) is 4.75. The van der Waals surface area contributed by atoms with E-state index in [0.717, 1.165) is 90.3 Å². The maximum absolute atomic E-state index is 6.53. The van der Waals surface area contributed by atoms with Crippen molar-refractivity contribution in [3.05, 3.63) is 230 Å². The summed E-state index contributed by atoms with van der Waals surface area (Å²) in [7, 11) is 0. The Morgan fingerprint density at radius 2 is 1.23 bits per heavy atom. The van der Waals surface area contributed by atoms with E-state index in [4.69, 9.17) is 4.42 Å². The summed E-state index contributed by atoms with van der Waals surface area (Å²) in [6.45, 7) is 9.97. The monoisotopic (exact) mass is 784 g/mol. The number of fused-ring (bicyclic) bond motifs is 7. The number of hydrogen-bond donors (Lipinski definition) is 0.